The molecule has 1 aromatic heterocycles. The lowest BCUT2D eigenvalue weighted by Crippen LogP contribution is -2.15. The zero-order valence-electron chi connectivity index (χ0n) is 14.3. The first-order chi connectivity index (χ1) is 12.8. The summed E-state index contributed by atoms with van der Waals surface area (Å²) in [5, 5.41) is 15.9. The van der Waals surface area contributed by atoms with Gasteiger partial charge in [-0.2, -0.15) is 4.68 Å². The Morgan fingerprint density at radius 1 is 1.11 bits per heavy atom. The molecule has 0 aliphatic carbocycles. The van der Waals surface area contributed by atoms with Crippen molar-refractivity contribution in [2.24, 2.45) is 0 Å². The minimum atomic E-state index is -0.268. The largest absolute Gasteiger partial charge is 0.324 e. The van der Waals surface area contributed by atoms with Gasteiger partial charge in [-0.3, -0.25) is 4.79 Å². The van der Waals surface area contributed by atoms with Crippen molar-refractivity contribution >= 4 is 58.2 Å². The monoisotopic (exact) mass is 441 g/mol. The van der Waals surface area contributed by atoms with E-state index >= 15 is 0 Å². The van der Waals surface area contributed by atoms with Gasteiger partial charge in [0, 0.05) is 0 Å². The summed E-state index contributed by atoms with van der Waals surface area (Å²) in [6.45, 7) is 4.00. The quantitative estimate of drug-likeness (QED) is 0.446. The van der Waals surface area contributed by atoms with Gasteiger partial charge in [0.1, 0.15) is 0 Å². The highest BCUT2D eigenvalue weighted by molar-refractivity contribution is 7.99. The number of hydrogen-bond donors (Lipinski definition) is 1. The Hall–Kier alpha value is -1.80. The lowest BCUT2D eigenvalue weighted by Gasteiger charge is -2.10. The molecule has 10 heteroatoms. The zero-order valence-corrected chi connectivity index (χ0v) is 17.4. The summed E-state index contributed by atoms with van der Waals surface area (Å²) in [5.41, 5.74) is 3.44. The fourth-order valence-corrected chi connectivity index (χ4v) is 3.68. The van der Waals surface area contributed by atoms with Crippen molar-refractivity contribution in [1.29, 1.82) is 0 Å². The van der Waals surface area contributed by atoms with Crippen molar-refractivity contribution in [1.82, 2.24) is 20.2 Å². The standard InChI is InChI=1S/C17H14Cl3N5OS/c1-9-3-4-15(10(2)5-9)25-17(22-23-24-25)27-8-16(26)21-14-7-12(19)11(18)6-13(14)20/h3-7H,8H2,1-2H3,(H,21,26). The Kier molecular flexibility index (Phi) is 6.26. The van der Waals surface area contributed by atoms with Crippen molar-refractivity contribution in [3.63, 3.8) is 0 Å². The number of carbonyl (C=O) groups is 1. The number of nitrogens with zero attached hydrogens (tertiary/aromatic N) is 4. The minimum Gasteiger partial charge on any atom is -0.324 e. The molecule has 0 radical (unpaired) electrons. The maximum atomic E-state index is 12.3. The van der Waals surface area contributed by atoms with Crippen LogP contribution in [-0.2, 0) is 4.79 Å². The topological polar surface area (TPSA) is 72.7 Å². The van der Waals surface area contributed by atoms with E-state index < -0.39 is 0 Å². The van der Waals surface area contributed by atoms with E-state index in [0.717, 1.165) is 16.8 Å². The number of tetrazole rings is 1. The second kappa shape index (κ2) is 8.48. The first-order valence-corrected chi connectivity index (χ1v) is 9.90. The smallest absolute Gasteiger partial charge is 0.234 e. The number of amides is 1. The van der Waals surface area contributed by atoms with Crippen LogP contribution < -0.4 is 5.32 Å². The summed E-state index contributed by atoms with van der Waals surface area (Å²) >= 11 is 19.2. The molecular formula is C17H14Cl3N5OS. The van der Waals surface area contributed by atoms with Gasteiger partial charge in [0.2, 0.25) is 11.1 Å². The number of aromatic nitrogens is 4. The molecule has 1 N–H and O–H groups in total. The average Bonchev–Trinajstić information content (AvgIpc) is 3.06. The van der Waals surface area contributed by atoms with E-state index in [1.54, 1.807) is 4.68 Å². The van der Waals surface area contributed by atoms with E-state index in [9.17, 15) is 4.79 Å². The summed E-state index contributed by atoms with van der Waals surface area (Å²) in [7, 11) is 0. The zero-order chi connectivity index (χ0) is 19.6. The first-order valence-electron chi connectivity index (χ1n) is 7.78. The van der Waals surface area contributed by atoms with E-state index in [1.165, 1.54) is 23.9 Å². The third kappa shape index (κ3) is 4.73. The van der Waals surface area contributed by atoms with Crippen LogP contribution >= 0.6 is 46.6 Å². The Bertz CT molecular complexity index is 1010. The van der Waals surface area contributed by atoms with Crippen LogP contribution in [0.3, 0.4) is 0 Å². The molecule has 0 bridgehead atoms. The summed E-state index contributed by atoms with van der Waals surface area (Å²) < 4.78 is 1.61. The number of thioether (sulfide) groups is 1. The highest BCUT2D eigenvalue weighted by Crippen LogP contribution is 2.32. The number of aryl methyl sites for hydroxylation is 2. The molecule has 0 unspecified atom stereocenters. The van der Waals surface area contributed by atoms with Crippen LogP contribution in [0.4, 0.5) is 5.69 Å². The summed E-state index contributed by atoms with van der Waals surface area (Å²) in [5.74, 6) is -0.169. The molecule has 140 valence electrons. The Morgan fingerprint density at radius 2 is 1.85 bits per heavy atom. The van der Waals surface area contributed by atoms with Gasteiger partial charge in [-0.15, -0.1) is 5.10 Å². The number of anilines is 1. The molecule has 3 aromatic rings. The van der Waals surface area contributed by atoms with Crippen molar-refractivity contribution in [2.75, 3.05) is 11.1 Å². The fraction of sp³-hybridized carbons (Fsp3) is 0.176. The van der Waals surface area contributed by atoms with E-state index in [4.69, 9.17) is 34.8 Å². The lowest BCUT2D eigenvalue weighted by atomic mass is 10.1. The summed E-state index contributed by atoms with van der Waals surface area (Å²) in [6.07, 6.45) is 0. The van der Waals surface area contributed by atoms with Crippen molar-refractivity contribution < 1.29 is 4.79 Å². The minimum absolute atomic E-state index is 0.0991. The highest BCUT2D eigenvalue weighted by Gasteiger charge is 2.14. The number of halogens is 3. The molecule has 1 amide bonds. The van der Waals surface area contributed by atoms with Crippen LogP contribution in [0.25, 0.3) is 5.69 Å². The van der Waals surface area contributed by atoms with Gasteiger partial charge < -0.3 is 5.32 Å². The molecule has 0 spiro atoms. The van der Waals surface area contributed by atoms with Crippen molar-refractivity contribution in [3.05, 3.63) is 56.5 Å². The highest BCUT2D eigenvalue weighted by atomic mass is 35.5. The van der Waals surface area contributed by atoms with Gasteiger partial charge in [-0.25, -0.2) is 0 Å². The van der Waals surface area contributed by atoms with Crippen molar-refractivity contribution in [2.45, 2.75) is 19.0 Å². The summed E-state index contributed by atoms with van der Waals surface area (Å²) in [6, 6.07) is 8.96. The van der Waals surface area contributed by atoms with Gasteiger partial charge in [-0.05, 0) is 48.0 Å². The van der Waals surface area contributed by atoms with E-state index in [1.807, 2.05) is 32.0 Å². The van der Waals surface area contributed by atoms with Gasteiger partial charge >= 0.3 is 0 Å². The van der Waals surface area contributed by atoms with Gasteiger partial charge in [0.05, 0.1) is 32.2 Å². The number of rotatable bonds is 5. The molecule has 0 fully saturated rings. The molecule has 0 atom stereocenters. The van der Waals surface area contributed by atoms with E-state index in [0.29, 0.717) is 25.9 Å². The predicted octanol–water partition coefficient (Wildman–Crippen LogP) is 4.97. The predicted molar refractivity (Wildman–Crippen MR) is 109 cm³/mol. The van der Waals surface area contributed by atoms with Crippen LogP contribution in [-0.4, -0.2) is 31.9 Å². The number of benzene rings is 2. The molecule has 0 aliphatic rings. The van der Waals surface area contributed by atoms with Crippen LogP contribution in [0.5, 0.6) is 0 Å². The van der Waals surface area contributed by atoms with Crippen molar-refractivity contribution in [3.8, 4) is 5.69 Å². The molecule has 0 aliphatic heterocycles. The molecule has 3 rings (SSSR count). The number of nitrogens with one attached hydrogen (secondary N) is 1. The third-order valence-corrected chi connectivity index (χ3v) is 5.59. The average molecular weight is 443 g/mol. The second-order valence-electron chi connectivity index (χ2n) is 5.75. The van der Waals surface area contributed by atoms with Crippen LogP contribution in [0, 0.1) is 13.8 Å². The Morgan fingerprint density at radius 3 is 2.59 bits per heavy atom. The van der Waals surface area contributed by atoms with Gasteiger partial charge in [0.25, 0.3) is 0 Å². The molecule has 0 saturated carbocycles. The Balaban J connectivity index is 1.70. The van der Waals surface area contributed by atoms with E-state index in [-0.39, 0.29) is 11.7 Å². The first kappa shape index (κ1) is 19.9. The normalized spacial score (nSPS) is 10.9. The number of carbonyl (C=O) groups excluding carboxylic acids is 1. The maximum absolute atomic E-state index is 12.3. The second-order valence-corrected chi connectivity index (χ2v) is 7.91. The SMILES string of the molecule is Cc1ccc(-n2nnnc2SCC(=O)Nc2cc(Cl)c(Cl)cc2Cl)c(C)c1. The van der Waals surface area contributed by atoms with Crippen LogP contribution in [0.2, 0.25) is 15.1 Å². The molecule has 6 nitrogen and oxygen atoms in total. The summed E-state index contributed by atoms with van der Waals surface area (Å²) in [4.78, 5) is 12.3. The number of hydrogen-bond acceptors (Lipinski definition) is 5. The fourth-order valence-electron chi connectivity index (χ4n) is 2.40. The molecule has 1 heterocycles. The third-order valence-electron chi connectivity index (χ3n) is 3.64. The van der Waals surface area contributed by atoms with Gasteiger partial charge in [0.15, 0.2) is 0 Å². The molecule has 0 saturated heterocycles. The lowest BCUT2D eigenvalue weighted by molar-refractivity contribution is -0.113. The van der Waals surface area contributed by atoms with E-state index in [2.05, 4.69) is 20.8 Å². The van der Waals surface area contributed by atoms with Crippen LogP contribution in [0.15, 0.2) is 35.5 Å². The molecule has 27 heavy (non-hydrogen) atoms. The Labute approximate surface area is 175 Å². The van der Waals surface area contributed by atoms with Gasteiger partial charge in [-0.1, -0.05) is 64.3 Å². The molecular weight excluding hydrogens is 429 g/mol. The van der Waals surface area contributed by atoms with Crippen LogP contribution in [0.1, 0.15) is 11.1 Å². The molecule has 2 aromatic carbocycles. The maximum Gasteiger partial charge on any atom is 0.234 e.